The smallest absolute Gasteiger partial charge is 0.0917 e. The molecule has 2 aliphatic rings. The Morgan fingerprint density at radius 1 is 1.11 bits per heavy atom. The van der Waals surface area contributed by atoms with Crippen LogP contribution in [0.2, 0.25) is 0 Å². The average molecular weight is 385 g/mol. The molecule has 4 rings (SSSR count). The van der Waals surface area contributed by atoms with Gasteiger partial charge in [0, 0.05) is 19.6 Å². The summed E-state index contributed by atoms with van der Waals surface area (Å²) in [6.07, 6.45) is 1.13. The summed E-state index contributed by atoms with van der Waals surface area (Å²) in [5.41, 5.74) is 11.7. The lowest BCUT2D eigenvalue weighted by Crippen LogP contribution is -2.28. The SMILES string of the molecule is Cc1ccccc1.NNc1ccc(C(O)CN2C[C@H]3CC(O)C[C@H]3C2)cc1N. The number of benzene rings is 2. The van der Waals surface area contributed by atoms with Crippen molar-refractivity contribution in [3.63, 3.8) is 0 Å². The highest BCUT2D eigenvalue weighted by Gasteiger charge is 2.40. The van der Waals surface area contributed by atoms with Gasteiger partial charge in [0.15, 0.2) is 0 Å². The van der Waals surface area contributed by atoms with E-state index >= 15 is 0 Å². The van der Waals surface area contributed by atoms with Crippen molar-refractivity contribution in [1.82, 2.24) is 4.90 Å². The summed E-state index contributed by atoms with van der Waals surface area (Å²) < 4.78 is 0. The van der Waals surface area contributed by atoms with Gasteiger partial charge in [0.25, 0.3) is 0 Å². The van der Waals surface area contributed by atoms with Gasteiger partial charge in [0.05, 0.1) is 23.6 Å². The van der Waals surface area contributed by atoms with Gasteiger partial charge >= 0.3 is 0 Å². The number of aliphatic hydroxyl groups excluding tert-OH is 2. The van der Waals surface area contributed by atoms with E-state index in [0.29, 0.717) is 29.8 Å². The maximum atomic E-state index is 10.4. The van der Waals surface area contributed by atoms with Crippen LogP contribution in [-0.2, 0) is 0 Å². The number of rotatable bonds is 4. The largest absolute Gasteiger partial charge is 0.397 e. The predicted molar refractivity (Wildman–Crippen MR) is 113 cm³/mol. The fourth-order valence-electron chi connectivity index (χ4n) is 4.32. The summed E-state index contributed by atoms with van der Waals surface area (Å²) in [6, 6.07) is 15.7. The first-order chi connectivity index (χ1) is 13.5. The first-order valence-electron chi connectivity index (χ1n) is 9.92. The van der Waals surface area contributed by atoms with Crippen molar-refractivity contribution in [1.29, 1.82) is 0 Å². The standard InChI is InChI=1S/C15H24N4O2.C7H8/c16-13-5-9(1-2-14(13)18-17)15(21)8-19-6-10-3-12(20)4-11(10)7-19;1-7-5-3-2-4-6-7/h1-2,5,10-12,15,18,20-21H,3-4,6-8,16-17H2;2-6H,1H3/t10-,11+,12?,15?;. The number of nitrogens with zero attached hydrogens (tertiary/aromatic N) is 1. The Morgan fingerprint density at radius 2 is 1.75 bits per heavy atom. The topological polar surface area (TPSA) is 108 Å². The van der Waals surface area contributed by atoms with E-state index in [2.05, 4.69) is 29.4 Å². The first kappa shape index (κ1) is 20.6. The minimum Gasteiger partial charge on any atom is -0.397 e. The third-order valence-corrected chi connectivity index (χ3v) is 5.79. The number of aliphatic hydroxyl groups is 2. The Bertz CT molecular complexity index is 741. The van der Waals surface area contributed by atoms with Crippen molar-refractivity contribution >= 4 is 11.4 Å². The summed E-state index contributed by atoms with van der Waals surface area (Å²) >= 11 is 0. The third kappa shape index (κ3) is 5.23. The molecule has 152 valence electrons. The molecule has 0 bridgehead atoms. The van der Waals surface area contributed by atoms with Crippen molar-refractivity contribution in [2.75, 3.05) is 30.8 Å². The molecule has 0 amide bonds. The van der Waals surface area contributed by atoms with E-state index in [9.17, 15) is 10.2 Å². The second-order valence-corrected chi connectivity index (χ2v) is 8.03. The molecule has 2 aromatic carbocycles. The molecular weight excluding hydrogens is 352 g/mol. The van der Waals surface area contributed by atoms with Crippen LogP contribution in [0.5, 0.6) is 0 Å². The summed E-state index contributed by atoms with van der Waals surface area (Å²) in [5, 5.41) is 20.0. The first-order valence-corrected chi connectivity index (χ1v) is 9.92. The average Bonchev–Trinajstić information content (AvgIpc) is 3.19. The molecule has 1 aliphatic carbocycles. The highest BCUT2D eigenvalue weighted by molar-refractivity contribution is 5.66. The number of likely N-dealkylation sites (tertiary alicyclic amines) is 1. The summed E-state index contributed by atoms with van der Waals surface area (Å²) in [4.78, 5) is 2.29. The predicted octanol–water partition coefficient (Wildman–Crippen LogP) is 2.29. The monoisotopic (exact) mass is 384 g/mol. The fourth-order valence-corrected chi connectivity index (χ4v) is 4.32. The Balaban J connectivity index is 0.000000271. The number of nitrogen functional groups attached to an aromatic ring is 2. The van der Waals surface area contributed by atoms with Gasteiger partial charge in [-0.05, 0) is 49.3 Å². The second kappa shape index (κ2) is 9.39. The molecule has 28 heavy (non-hydrogen) atoms. The zero-order valence-electron chi connectivity index (χ0n) is 16.5. The molecule has 0 spiro atoms. The van der Waals surface area contributed by atoms with Crippen molar-refractivity contribution in [3.8, 4) is 0 Å². The van der Waals surface area contributed by atoms with Gasteiger partial charge in [-0.25, -0.2) is 0 Å². The fraction of sp³-hybridized carbons (Fsp3) is 0.455. The zero-order chi connectivity index (χ0) is 20.1. The van der Waals surface area contributed by atoms with Crippen molar-refractivity contribution < 1.29 is 10.2 Å². The van der Waals surface area contributed by atoms with E-state index in [4.69, 9.17) is 11.6 Å². The minimum absolute atomic E-state index is 0.122. The van der Waals surface area contributed by atoms with Crippen LogP contribution in [0.1, 0.15) is 30.1 Å². The van der Waals surface area contributed by atoms with Gasteiger partial charge in [-0.1, -0.05) is 42.0 Å². The number of nitrogens with two attached hydrogens (primary N) is 2. The van der Waals surface area contributed by atoms with Crippen LogP contribution in [0.3, 0.4) is 0 Å². The molecule has 4 atom stereocenters. The molecule has 6 nitrogen and oxygen atoms in total. The summed E-state index contributed by atoms with van der Waals surface area (Å²) in [7, 11) is 0. The molecule has 1 saturated heterocycles. The molecule has 2 fully saturated rings. The molecular formula is C22H32N4O2. The lowest BCUT2D eigenvalue weighted by atomic mass is 10.0. The van der Waals surface area contributed by atoms with E-state index in [1.807, 2.05) is 24.3 Å². The van der Waals surface area contributed by atoms with E-state index in [0.717, 1.165) is 31.5 Å². The highest BCUT2D eigenvalue weighted by Crippen LogP contribution is 2.38. The molecule has 7 N–H and O–H groups in total. The Kier molecular flexibility index (Phi) is 6.91. The number of aryl methyl sites for hydroxylation is 1. The van der Waals surface area contributed by atoms with E-state index < -0.39 is 6.10 Å². The van der Waals surface area contributed by atoms with Crippen LogP contribution in [0.4, 0.5) is 11.4 Å². The van der Waals surface area contributed by atoms with Crippen molar-refractivity contribution in [2.45, 2.75) is 32.0 Å². The normalized spacial score (nSPS) is 24.9. The molecule has 2 unspecified atom stereocenters. The van der Waals surface area contributed by atoms with Gasteiger partial charge < -0.3 is 21.4 Å². The maximum absolute atomic E-state index is 10.4. The van der Waals surface area contributed by atoms with Gasteiger partial charge in [-0.15, -0.1) is 0 Å². The molecule has 6 heteroatoms. The molecule has 0 radical (unpaired) electrons. The van der Waals surface area contributed by atoms with Gasteiger partial charge in [0.2, 0.25) is 0 Å². The Labute approximate surface area is 167 Å². The van der Waals surface area contributed by atoms with Crippen LogP contribution in [-0.4, -0.2) is 40.9 Å². The molecule has 0 aromatic heterocycles. The van der Waals surface area contributed by atoms with Gasteiger partial charge in [-0.2, -0.15) is 0 Å². The molecule has 1 heterocycles. The Morgan fingerprint density at radius 3 is 2.25 bits per heavy atom. The number of hydrazine groups is 1. The lowest BCUT2D eigenvalue weighted by molar-refractivity contribution is 0.113. The van der Waals surface area contributed by atoms with Crippen LogP contribution in [0.15, 0.2) is 48.5 Å². The zero-order valence-corrected chi connectivity index (χ0v) is 16.5. The van der Waals surface area contributed by atoms with E-state index in [1.165, 1.54) is 5.56 Å². The van der Waals surface area contributed by atoms with Crippen molar-refractivity contribution in [2.24, 2.45) is 17.7 Å². The number of nitrogens with one attached hydrogen (secondary N) is 1. The van der Waals surface area contributed by atoms with Gasteiger partial charge in [-0.3, -0.25) is 10.7 Å². The summed E-state index contributed by atoms with van der Waals surface area (Å²) in [5.74, 6) is 6.52. The lowest BCUT2D eigenvalue weighted by Gasteiger charge is -2.22. The number of anilines is 2. The number of hydrogen-bond donors (Lipinski definition) is 5. The van der Waals surface area contributed by atoms with Crippen LogP contribution >= 0.6 is 0 Å². The van der Waals surface area contributed by atoms with E-state index in [1.54, 1.807) is 12.1 Å². The van der Waals surface area contributed by atoms with E-state index in [-0.39, 0.29) is 6.10 Å². The van der Waals surface area contributed by atoms with Crippen LogP contribution in [0, 0.1) is 18.8 Å². The summed E-state index contributed by atoms with van der Waals surface area (Å²) in [6.45, 7) is 4.63. The third-order valence-electron chi connectivity index (χ3n) is 5.79. The number of hydrogen-bond acceptors (Lipinski definition) is 6. The van der Waals surface area contributed by atoms with Crippen LogP contribution in [0.25, 0.3) is 0 Å². The van der Waals surface area contributed by atoms with Crippen LogP contribution < -0.4 is 17.0 Å². The number of fused-ring (bicyclic) bond motifs is 1. The van der Waals surface area contributed by atoms with Crippen molar-refractivity contribution in [3.05, 3.63) is 59.7 Å². The number of β-amino-alcohol motifs (C(OH)–C–C–N with tert-alkyl or cyclic N) is 1. The second-order valence-electron chi connectivity index (χ2n) is 8.03. The molecule has 1 saturated carbocycles. The quantitative estimate of drug-likeness (QED) is 0.314. The minimum atomic E-state index is -0.553. The highest BCUT2D eigenvalue weighted by atomic mass is 16.3. The van der Waals surface area contributed by atoms with Gasteiger partial charge in [0.1, 0.15) is 0 Å². The molecule has 1 aliphatic heterocycles. The molecule has 2 aromatic rings. The Hall–Kier alpha value is -2.12. The maximum Gasteiger partial charge on any atom is 0.0917 e.